The average Bonchev–Trinajstić information content (AvgIpc) is 2.90. The molecule has 0 aliphatic carbocycles. The molecule has 0 radical (unpaired) electrons. The van der Waals surface area contributed by atoms with E-state index in [9.17, 15) is 9.59 Å². The van der Waals surface area contributed by atoms with E-state index < -0.39 is 0 Å². The molecule has 2 saturated heterocycles. The number of likely N-dealkylation sites (tertiary alicyclic amines) is 1. The van der Waals surface area contributed by atoms with Crippen molar-refractivity contribution in [3.8, 4) is 0 Å². The number of carbonyl (C=O) groups excluding carboxylic acids is 2. The zero-order chi connectivity index (χ0) is 16.8. The van der Waals surface area contributed by atoms with Crippen LogP contribution in [-0.2, 0) is 16.0 Å². The molecule has 130 valence electrons. The predicted octanol–water partition coefficient (Wildman–Crippen LogP) is 1.48. The number of hydrogen-bond donors (Lipinski definition) is 2. The van der Waals surface area contributed by atoms with Gasteiger partial charge in [-0.15, -0.1) is 0 Å². The first kappa shape index (κ1) is 17.0. The Morgan fingerprint density at radius 3 is 2.83 bits per heavy atom. The molecule has 0 saturated carbocycles. The Balaban J connectivity index is 1.52. The van der Waals surface area contributed by atoms with Crippen LogP contribution in [0.25, 0.3) is 0 Å². The van der Waals surface area contributed by atoms with E-state index in [0.717, 1.165) is 51.6 Å². The van der Waals surface area contributed by atoms with Crippen LogP contribution in [0.5, 0.6) is 0 Å². The minimum absolute atomic E-state index is 0.0305. The van der Waals surface area contributed by atoms with Crippen molar-refractivity contribution in [3.05, 3.63) is 35.9 Å². The lowest BCUT2D eigenvalue weighted by molar-refractivity contribution is -0.129. The van der Waals surface area contributed by atoms with Gasteiger partial charge in [-0.05, 0) is 50.6 Å². The van der Waals surface area contributed by atoms with E-state index in [1.807, 2.05) is 6.07 Å². The third kappa shape index (κ3) is 4.57. The van der Waals surface area contributed by atoms with Crippen molar-refractivity contribution in [2.24, 2.45) is 0 Å². The Kier molecular flexibility index (Phi) is 5.86. The first-order valence-corrected chi connectivity index (χ1v) is 9.07. The van der Waals surface area contributed by atoms with Crippen LogP contribution in [0, 0.1) is 0 Å². The fourth-order valence-corrected chi connectivity index (χ4v) is 3.72. The first-order valence-electron chi connectivity index (χ1n) is 9.07. The molecule has 0 bridgehead atoms. The fourth-order valence-electron chi connectivity index (χ4n) is 3.72. The van der Waals surface area contributed by atoms with Crippen molar-refractivity contribution in [1.82, 2.24) is 15.5 Å². The largest absolute Gasteiger partial charge is 0.354 e. The van der Waals surface area contributed by atoms with Crippen molar-refractivity contribution < 1.29 is 9.59 Å². The fraction of sp³-hybridized carbons (Fsp3) is 0.579. The van der Waals surface area contributed by atoms with Crippen LogP contribution in [0.15, 0.2) is 30.3 Å². The molecule has 0 aromatic heterocycles. The van der Waals surface area contributed by atoms with Crippen molar-refractivity contribution in [2.75, 3.05) is 19.6 Å². The van der Waals surface area contributed by atoms with Gasteiger partial charge in [-0.3, -0.25) is 14.5 Å². The van der Waals surface area contributed by atoms with Crippen LogP contribution < -0.4 is 10.6 Å². The molecule has 24 heavy (non-hydrogen) atoms. The lowest BCUT2D eigenvalue weighted by atomic mass is 10.0. The zero-order valence-electron chi connectivity index (χ0n) is 14.2. The molecule has 2 fully saturated rings. The summed E-state index contributed by atoms with van der Waals surface area (Å²) in [5, 5.41) is 5.80. The van der Waals surface area contributed by atoms with Crippen LogP contribution >= 0.6 is 0 Å². The van der Waals surface area contributed by atoms with Crippen LogP contribution in [0.3, 0.4) is 0 Å². The number of benzene rings is 1. The molecular formula is C19H27N3O2. The van der Waals surface area contributed by atoms with Crippen molar-refractivity contribution in [3.63, 3.8) is 0 Å². The Hall–Kier alpha value is -1.88. The average molecular weight is 329 g/mol. The zero-order valence-corrected chi connectivity index (χ0v) is 14.2. The highest BCUT2D eigenvalue weighted by atomic mass is 16.2. The SMILES string of the molecule is O=C(CN1CCC[C@@H]1Cc1ccccc1)N[C@@H]1CCCCNC1=O. The molecule has 5 nitrogen and oxygen atoms in total. The normalized spacial score (nSPS) is 25.1. The summed E-state index contributed by atoms with van der Waals surface area (Å²) >= 11 is 0. The molecule has 2 heterocycles. The monoisotopic (exact) mass is 329 g/mol. The van der Waals surface area contributed by atoms with Gasteiger partial charge in [0.1, 0.15) is 6.04 Å². The van der Waals surface area contributed by atoms with Gasteiger partial charge in [0, 0.05) is 12.6 Å². The predicted molar refractivity (Wildman–Crippen MR) is 93.5 cm³/mol. The van der Waals surface area contributed by atoms with E-state index in [0.29, 0.717) is 12.6 Å². The van der Waals surface area contributed by atoms with Crippen molar-refractivity contribution in [1.29, 1.82) is 0 Å². The Bertz CT molecular complexity index is 561. The third-order valence-corrected chi connectivity index (χ3v) is 5.03. The summed E-state index contributed by atoms with van der Waals surface area (Å²) in [5.41, 5.74) is 1.32. The minimum Gasteiger partial charge on any atom is -0.354 e. The number of amides is 2. The number of hydrogen-bond acceptors (Lipinski definition) is 3. The van der Waals surface area contributed by atoms with E-state index in [1.165, 1.54) is 5.56 Å². The van der Waals surface area contributed by atoms with Gasteiger partial charge in [0.2, 0.25) is 11.8 Å². The molecule has 3 rings (SSSR count). The van der Waals surface area contributed by atoms with Gasteiger partial charge in [0.25, 0.3) is 0 Å². The molecule has 2 N–H and O–H groups in total. The van der Waals surface area contributed by atoms with Gasteiger partial charge in [0.15, 0.2) is 0 Å². The topological polar surface area (TPSA) is 61.4 Å². The third-order valence-electron chi connectivity index (χ3n) is 5.03. The maximum atomic E-state index is 12.4. The van der Waals surface area contributed by atoms with E-state index in [4.69, 9.17) is 0 Å². The van der Waals surface area contributed by atoms with E-state index in [2.05, 4.69) is 39.8 Å². The molecule has 2 atom stereocenters. The maximum absolute atomic E-state index is 12.4. The molecular weight excluding hydrogens is 302 g/mol. The van der Waals surface area contributed by atoms with Gasteiger partial charge in [-0.2, -0.15) is 0 Å². The summed E-state index contributed by atoms with van der Waals surface area (Å²) in [5.74, 6) is -0.0693. The van der Waals surface area contributed by atoms with Crippen molar-refractivity contribution in [2.45, 2.75) is 50.6 Å². The quantitative estimate of drug-likeness (QED) is 0.860. The Labute approximate surface area is 143 Å². The summed E-state index contributed by atoms with van der Waals surface area (Å²) in [4.78, 5) is 26.6. The van der Waals surface area contributed by atoms with Crippen LogP contribution in [0.1, 0.15) is 37.7 Å². The van der Waals surface area contributed by atoms with Gasteiger partial charge < -0.3 is 10.6 Å². The van der Waals surface area contributed by atoms with Gasteiger partial charge in [-0.1, -0.05) is 30.3 Å². The second kappa shape index (κ2) is 8.29. The van der Waals surface area contributed by atoms with Crippen LogP contribution in [0.2, 0.25) is 0 Å². The summed E-state index contributed by atoms with van der Waals surface area (Å²) in [7, 11) is 0. The number of rotatable bonds is 5. The second-order valence-corrected chi connectivity index (χ2v) is 6.86. The molecule has 5 heteroatoms. The van der Waals surface area contributed by atoms with Crippen LogP contribution in [0.4, 0.5) is 0 Å². The smallest absolute Gasteiger partial charge is 0.242 e. The molecule has 1 aromatic carbocycles. The molecule has 0 unspecified atom stereocenters. The van der Waals surface area contributed by atoms with Crippen molar-refractivity contribution >= 4 is 11.8 Å². The highest BCUT2D eigenvalue weighted by molar-refractivity contribution is 5.88. The second-order valence-electron chi connectivity index (χ2n) is 6.86. The summed E-state index contributed by atoms with van der Waals surface area (Å²) in [6.45, 7) is 2.07. The Morgan fingerprint density at radius 2 is 2.00 bits per heavy atom. The van der Waals surface area contributed by atoms with E-state index >= 15 is 0 Å². The molecule has 2 aliphatic heterocycles. The lowest BCUT2D eigenvalue weighted by Gasteiger charge is -2.25. The summed E-state index contributed by atoms with van der Waals surface area (Å²) in [6, 6.07) is 10.5. The van der Waals surface area contributed by atoms with Gasteiger partial charge >= 0.3 is 0 Å². The highest BCUT2D eigenvalue weighted by Gasteiger charge is 2.28. The van der Waals surface area contributed by atoms with E-state index in [1.54, 1.807) is 0 Å². The number of carbonyl (C=O) groups is 2. The van der Waals surface area contributed by atoms with Gasteiger partial charge in [0.05, 0.1) is 6.54 Å². The van der Waals surface area contributed by atoms with Gasteiger partial charge in [-0.25, -0.2) is 0 Å². The maximum Gasteiger partial charge on any atom is 0.242 e. The van der Waals surface area contributed by atoms with E-state index in [-0.39, 0.29) is 17.9 Å². The summed E-state index contributed by atoms with van der Waals surface area (Å²) in [6.07, 6.45) is 5.96. The van der Waals surface area contributed by atoms with Crippen LogP contribution in [-0.4, -0.2) is 48.4 Å². The lowest BCUT2D eigenvalue weighted by Crippen LogP contribution is -2.49. The minimum atomic E-state index is -0.366. The number of nitrogens with one attached hydrogen (secondary N) is 2. The standard InChI is InChI=1S/C19H27N3O2/c23-18(21-17-10-4-5-11-20-19(17)24)14-22-12-6-9-16(22)13-15-7-2-1-3-8-15/h1-3,7-8,16-17H,4-6,9-14H2,(H,20,24)(H,21,23)/t16-,17-/m1/s1. The number of nitrogens with zero attached hydrogens (tertiary/aromatic N) is 1. The molecule has 0 spiro atoms. The highest BCUT2D eigenvalue weighted by Crippen LogP contribution is 2.20. The molecule has 2 amide bonds. The first-order chi connectivity index (χ1) is 11.7. The summed E-state index contributed by atoms with van der Waals surface area (Å²) < 4.78 is 0. The molecule has 2 aliphatic rings. The Morgan fingerprint density at radius 1 is 1.17 bits per heavy atom. The molecule has 1 aromatic rings.